The van der Waals surface area contributed by atoms with E-state index in [1.165, 1.54) is 0 Å². The topological polar surface area (TPSA) is 111 Å². The van der Waals surface area contributed by atoms with E-state index < -0.39 is 16.1 Å². The summed E-state index contributed by atoms with van der Waals surface area (Å²) in [5.74, 6) is 0.533. The normalized spacial score (nSPS) is 13.9. The number of benzene rings is 1. The lowest BCUT2D eigenvalue weighted by Crippen LogP contribution is -2.45. The molecule has 7 nitrogen and oxygen atoms in total. The van der Waals surface area contributed by atoms with Gasteiger partial charge in [-0.2, -0.15) is 0 Å². The minimum atomic E-state index is -3.29. The quantitative estimate of drug-likeness (QED) is 0.578. The largest absolute Gasteiger partial charge is 0.492 e. The van der Waals surface area contributed by atoms with Gasteiger partial charge < -0.3 is 15.8 Å². The molecule has 0 aliphatic heterocycles. The van der Waals surface area contributed by atoms with Gasteiger partial charge in [0.05, 0.1) is 18.8 Å². The number of rotatable bonds is 9. The molecule has 8 heteroatoms. The molecule has 2 unspecified atom stereocenters. The minimum absolute atomic E-state index is 0.130. The van der Waals surface area contributed by atoms with Gasteiger partial charge in [0.2, 0.25) is 15.9 Å². The second kappa shape index (κ2) is 8.73. The predicted octanol–water partition coefficient (Wildman–Crippen LogP) is 0.927. The second-order valence-corrected chi connectivity index (χ2v) is 7.20. The van der Waals surface area contributed by atoms with Gasteiger partial charge in [-0.05, 0) is 30.2 Å². The van der Waals surface area contributed by atoms with Crippen LogP contribution in [0.1, 0.15) is 20.3 Å². The summed E-state index contributed by atoms with van der Waals surface area (Å²) in [5, 5.41) is 2.73. The van der Waals surface area contributed by atoms with Crippen molar-refractivity contribution in [3.63, 3.8) is 0 Å². The summed E-state index contributed by atoms with van der Waals surface area (Å²) in [6.07, 6.45) is 1.93. The smallest absolute Gasteiger partial charge is 0.237 e. The lowest BCUT2D eigenvalue weighted by atomic mass is 9.99. The molecule has 1 rings (SSSR count). The molecule has 23 heavy (non-hydrogen) atoms. The van der Waals surface area contributed by atoms with Crippen molar-refractivity contribution in [3.05, 3.63) is 24.3 Å². The van der Waals surface area contributed by atoms with Crippen LogP contribution in [-0.2, 0) is 14.8 Å². The predicted molar refractivity (Wildman–Crippen MR) is 90.8 cm³/mol. The molecule has 0 heterocycles. The Labute approximate surface area is 137 Å². The summed E-state index contributed by atoms with van der Waals surface area (Å²) in [7, 11) is -3.29. The number of ether oxygens (including phenoxy) is 1. The molecule has 0 fully saturated rings. The van der Waals surface area contributed by atoms with E-state index >= 15 is 0 Å². The fourth-order valence-electron chi connectivity index (χ4n) is 1.81. The molecule has 0 aromatic heterocycles. The Morgan fingerprint density at radius 3 is 2.43 bits per heavy atom. The van der Waals surface area contributed by atoms with Gasteiger partial charge in [0.25, 0.3) is 0 Å². The average Bonchev–Trinajstić information content (AvgIpc) is 2.49. The molecule has 130 valence electrons. The molecule has 0 aliphatic carbocycles. The maximum absolute atomic E-state index is 11.8. The zero-order valence-electron chi connectivity index (χ0n) is 13.7. The van der Waals surface area contributed by atoms with Crippen LogP contribution < -0.4 is 20.5 Å². The van der Waals surface area contributed by atoms with Crippen molar-refractivity contribution in [1.82, 2.24) is 5.32 Å². The Bertz CT molecular complexity index is 602. The summed E-state index contributed by atoms with van der Waals surface area (Å²) < 4.78 is 30.0. The summed E-state index contributed by atoms with van der Waals surface area (Å²) in [6, 6.07) is 6.00. The van der Waals surface area contributed by atoms with Gasteiger partial charge >= 0.3 is 0 Å². The Morgan fingerprint density at radius 2 is 1.91 bits per heavy atom. The summed E-state index contributed by atoms with van der Waals surface area (Å²) >= 11 is 0. The molecule has 0 spiro atoms. The maximum atomic E-state index is 11.8. The molecule has 4 N–H and O–H groups in total. The standard InChI is InChI=1S/C15H25N3O4S/c1-4-11(2)14(16)15(19)17-9-10-22-13-7-5-12(6-8-13)18-23(3,20)21/h5-8,11,14,18H,4,9-10,16H2,1-3H3,(H,17,19). The zero-order valence-corrected chi connectivity index (χ0v) is 14.5. The number of nitrogens with one attached hydrogen (secondary N) is 2. The van der Waals surface area contributed by atoms with Crippen LogP contribution in [0.5, 0.6) is 5.75 Å². The molecular weight excluding hydrogens is 318 g/mol. The van der Waals surface area contributed by atoms with Gasteiger partial charge in [-0.15, -0.1) is 0 Å². The third kappa shape index (κ3) is 7.34. The number of hydrogen-bond donors (Lipinski definition) is 3. The summed E-state index contributed by atoms with van der Waals surface area (Å²) in [6.45, 7) is 4.58. The number of nitrogens with two attached hydrogens (primary N) is 1. The highest BCUT2D eigenvalue weighted by Gasteiger charge is 2.18. The van der Waals surface area contributed by atoms with Crippen molar-refractivity contribution in [1.29, 1.82) is 0 Å². The lowest BCUT2D eigenvalue weighted by Gasteiger charge is -2.17. The molecular formula is C15H25N3O4S. The number of anilines is 1. The number of carbonyl (C=O) groups is 1. The third-order valence-electron chi connectivity index (χ3n) is 3.39. The molecule has 0 radical (unpaired) electrons. The van der Waals surface area contributed by atoms with E-state index in [9.17, 15) is 13.2 Å². The van der Waals surface area contributed by atoms with E-state index in [0.717, 1.165) is 12.7 Å². The minimum Gasteiger partial charge on any atom is -0.492 e. The van der Waals surface area contributed by atoms with Gasteiger partial charge in [-0.3, -0.25) is 9.52 Å². The first kappa shape index (κ1) is 19.2. The van der Waals surface area contributed by atoms with Crippen molar-refractivity contribution >= 4 is 21.6 Å². The van der Waals surface area contributed by atoms with Crippen LogP contribution >= 0.6 is 0 Å². The van der Waals surface area contributed by atoms with Crippen LogP contribution in [0.4, 0.5) is 5.69 Å². The van der Waals surface area contributed by atoms with Gasteiger partial charge in [0, 0.05) is 5.69 Å². The highest BCUT2D eigenvalue weighted by molar-refractivity contribution is 7.92. The van der Waals surface area contributed by atoms with Crippen molar-refractivity contribution in [2.45, 2.75) is 26.3 Å². The molecule has 1 aromatic carbocycles. The van der Waals surface area contributed by atoms with Gasteiger partial charge in [-0.25, -0.2) is 8.42 Å². The van der Waals surface area contributed by atoms with E-state index in [4.69, 9.17) is 10.5 Å². The first-order valence-corrected chi connectivity index (χ1v) is 9.36. The maximum Gasteiger partial charge on any atom is 0.237 e. The summed E-state index contributed by atoms with van der Waals surface area (Å²) in [5.41, 5.74) is 6.29. The molecule has 2 atom stereocenters. The van der Waals surface area contributed by atoms with Crippen LogP contribution in [0.15, 0.2) is 24.3 Å². The number of amides is 1. The van der Waals surface area contributed by atoms with E-state index in [1.807, 2.05) is 13.8 Å². The average molecular weight is 343 g/mol. The van der Waals surface area contributed by atoms with Crippen molar-refractivity contribution < 1.29 is 17.9 Å². The van der Waals surface area contributed by atoms with Crippen molar-refractivity contribution in [3.8, 4) is 5.75 Å². The first-order valence-electron chi connectivity index (χ1n) is 7.47. The van der Waals surface area contributed by atoms with Crippen LogP contribution in [0.25, 0.3) is 0 Å². The number of sulfonamides is 1. The number of carbonyl (C=O) groups excluding carboxylic acids is 1. The van der Waals surface area contributed by atoms with Gasteiger partial charge in [0.15, 0.2) is 0 Å². The molecule has 1 amide bonds. The number of hydrogen-bond acceptors (Lipinski definition) is 5. The highest BCUT2D eigenvalue weighted by Crippen LogP contribution is 2.16. The molecule has 1 aromatic rings. The van der Waals surface area contributed by atoms with E-state index in [1.54, 1.807) is 24.3 Å². The van der Waals surface area contributed by atoms with E-state index in [-0.39, 0.29) is 11.8 Å². The molecule has 0 bridgehead atoms. The molecule has 0 saturated carbocycles. The second-order valence-electron chi connectivity index (χ2n) is 5.45. The SMILES string of the molecule is CCC(C)C(N)C(=O)NCCOc1ccc(NS(C)(=O)=O)cc1. The lowest BCUT2D eigenvalue weighted by molar-refractivity contribution is -0.123. The van der Waals surface area contributed by atoms with E-state index in [2.05, 4.69) is 10.0 Å². The van der Waals surface area contributed by atoms with Crippen molar-refractivity contribution in [2.24, 2.45) is 11.7 Å². The summed E-state index contributed by atoms with van der Waals surface area (Å²) in [4.78, 5) is 11.8. The van der Waals surface area contributed by atoms with Crippen LogP contribution in [0, 0.1) is 5.92 Å². The Hall–Kier alpha value is -1.80. The Kier molecular flexibility index (Phi) is 7.31. The van der Waals surface area contributed by atoms with Crippen LogP contribution in [0.2, 0.25) is 0 Å². The Balaban J connectivity index is 2.35. The third-order valence-corrected chi connectivity index (χ3v) is 3.99. The van der Waals surface area contributed by atoms with Crippen molar-refractivity contribution in [2.75, 3.05) is 24.1 Å². The fourth-order valence-corrected chi connectivity index (χ4v) is 2.37. The highest BCUT2D eigenvalue weighted by atomic mass is 32.2. The van der Waals surface area contributed by atoms with E-state index in [0.29, 0.717) is 24.6 Å². The molecule has 0 saturated heterocycles. The van der Waals surface area contributed by atoms with Crippen LogP contribution in [0.3, 0.4) is 0 Å². The fraction of sp³-hybridized carbons (Fsp3) is 0.533. The zero-order chi connectivity index (χ0) is 17.5. The van der Waals surface area contributed by atoms with Gasteiger partial charge in [0.1, 0.15) is 12.4 Å². The monoisotopic (exact) mass is 343 g/mol. The van der Waals surface area contributed by atoms with Crippen LogP contribution in [-0.4, -0.2) is 39.8 Å². The van der Waals surface area contributed by atoms with Gasteiger partial charge in [-0.1, -0.05) is 20.3 Å². The Morgan fingerprint density at radius 1 is 1.30 bits per heavy atom. The first-order chi connectivity index (χ1) is 10.7. The molecule has 0 aliphatic rings.